The minimum atomic E-state index is -3.00. The summed E-state index contributed by atoms with van der Waals surface area (Å²) < 4.78 is 35.2. The number of hydrogen-bond donors (Lipinski definition) is 1. The second-order valence-corrected chi connectivity index (χ2v) is 11.3. The van der Waals surface area contributed by atoms with E-state index in [9.17, 15) is 8.42 Å². The maximum Gasteiger partial charge on any atom is 0.316 e. The zero-order valence-corrected chi connectivity index (χ0v) is 22.3. The van der Waals surface area contributed by atoms with Crippen LogP contribution in [0.4, 0.5) is 17.1 Å². The molecule has 2 aromatic rings. The highest BCUT2D eigenvalue weighted by Crippen LogP contribution is 2.36. The Morgan fingerprint density at radius 3 is 2.46 bits per heavy atom. The van der Waals surface area contributed by atoms with Crippen molar-refractivity contribution in [1.82, 2.24) is 9.97 Å². The first-order valence-electron chi connectivity index (χ1n) is 12.8. The standard InChI is InChI=1S/C26H40N4O4S/c1-5-20(13-16-35(31,32)8-4)21-9-10-25(30(6-2)23-11-14-33-15-12-23)24(17-21)29-22-18-27-26(28-19-22)34-7-3/h9-10,17-20,23,29H,5-8,11-16H2,1-4H3/t20-/m1/s1. The average Bonchev–Trinajstić information content (AvgIpc) is 2.88. The topological polar surface area (TPSA) is 93.6 Å². The van der Waals surface area contributed by atoms with Crippen LogP contribution in [0.1, 0.15) is 64.9 Å². The van der Waals surface area contributed by atoms with Crippen LogP contribution in [0.2, 0.25) is 0 Å². The largest absolute Gasteiger partial charge is 0.464 e. The molecule has 1 N–H and O–H groups in total. The molecule has 0 amide bonds. The Morgan fingerprint density at radius 1 is 1.14 bits per heavy atom. The van der Waals surface area contributed by atoms with Crippen molar-refractivity contribution in [2.45, 2.75) is 65.3 Å². The van der Waals surface area contributed by atoms with Crippen molar-refractivity contribution in [1.29, 1.82) is 0 Å². The van der Waals surface area contributed by atoms with E-state index < -0.39 is 9.84 Å². The van der Waals surface area contributed by atoms with Crippen LogP contribution in [-0.4, -0.2) is 62.3 Å². The number of nitrogens with zero attached hydrogens (tertiary/aromatic N) is 3. The molecule has 1 aromatic carbocycles. The fraction of sp³-hybridized carbons (Fsp3) is 0.615. The molecule has 0 spiro atoms. The van der Waals surface area contributed by atoms with Gasteiger partial charge in [-0.25, -0.2) is 18.4 Å². The number of aromatic nitrogens is 2. The summed E-state index contributed by atoms with van der Waals surface area (Å²) in [7, 11) is -3.00. The van der Waals surface area contributed by atoms with Gasteiger partial charge in [-0.3, -0.25) is 0 Å². The summed E-state index contributed by atoms with van der Waals surface area (Å²) in [5, 5.41) is 3.53. The Kier molecular flexibility index (Phi) is 10.2. The second kappa shape index (κ2) is 13.1. The lowest BCUT2D eigenvalue weighted by molar-refractivity contribution is 0.0846. The molecule has 3 rings (SSSR count). The van der Waals surface area contributed by atoms with Gasteiger partial charge in [-0.05, 0) is 63.1 Å². The zero-order valence-electron chi connectivity index (χ0n) is 21.5. The van der Waals surface area contributed by atoms with E-state index in [0.29, 0.717) is 25.1 Å². The Morgan fingerprint density at radius 2 is 1.86 bits per heavy atom. The van der Waals surface area contributed by atoms with E-state index in [1.165, 1.54) is 0 Å². The quantitative estimate of drug-likeness (QED) is 0.410. The maximum absolute atomic E-state index is 12.1. The third-order valence-electron chi connectivity index (χ3n) is 6.66. The van der Waals surface area contributed by atoms with Crippen LogP contribution < -0.4 is 15.0 Å². The summed E-state index contributed by atoms with van der Waals surface area (Å²) in [5.74, 6) is 0.562. The molecule has 194 valence electrons. The van der Waals surface area contributed by atoms with Gasteiger partial charge in [0.05, 0.1) is 41.8 Å². The van der Waals surface area contributed by atoms with Crippen molar-refractivity contribution in [3.05, 3.63) is 36.2 Å². The van der Waals surface area contributed by atoms with E-state index in [-0.39, 0.29) is 17.4 Å². The normalized spacial score (nSPS) is 15.5. The van der Waals surface area contributed by atoms with Crippen LogP contribution in [0.5, 0.6) is 6.01 Å². The lowest BCUT2D eigenvalue weighted by Crippen LogP contribution is -2.39. The van der Waals surface area contributed by atoms with Crippen LogP contribution in [0.15, 0.2) is 30.6 Å². The molecule has 1 atom stereocenters. The smallest absolute Gasteiger partial charge is 0.316 e. The molecular weight excluding hydrogens is 464 g/mol. The number of hydrogen-bond acceptors (Lipinski definition) is 8. The molecule has 1 saturated heterocycles. The predicted molar refractivity (Wildman–Crippen MR) is 142 cm³/mol. The van der Waals surface area contributed by atoms with Gasteiger partial charge >= 0.3 is 6.01 Å². The van der Waals surface area contributed by atoms with Gasteiger partial charge in [0.2, 0.25) is 0 Å². The summed E-state index contributed by atoms with van der Waals surface area (Å²) in [6, 6.07) is 7.26. The molecule has 8 nitrogen and oxygen atoms in total. The Hall–Kier alpha value is -2.39. The monoisotopic (exact) mass is 504 g/mol. The fourth-order valence-corrected chi connectivity index (χ4v) is 5.53. The number of benzene rings is 1. The van der Waals surface area contributed by atoms with Crippen molar-refractivity contribution in [2.24, 2.45) is 0 Å². The van der Waals surface area contributed by atoms with Crippen molar-refractivity contribution >= 4 is 26.9 Å². The second-order valence-electron chi connectivity index (χ2n) is 8.85. The molecule has 35 heavy (non-hydrogen) atoms. The maximum atomic E-state index is 12.1. The van der Waals surface area contributed by atoms with E-state index >= 15 is 0 Å². The van der Waals surface area contributed by atoms with E-state index in [4.69, 9.17) is 9.47 Å². The third-order valence-corrected chi connectivity index (χ3v) is 8.40. The molecule has 1 aromatic heterocycles. The highest BCUT2D eigenvalue weighted by atomic mass is 32.2. The van der Waals surface area contributed by atoms with Crippen molar-refractivity contribution in [3.63, 3.8) is 0 Å². The first-order chi connectivity index (χ1) is 16.9. The molecule has 0 aliphatic carbocycles. The number of rotatable bonds is 13. The molecule has 1 aliphatic rings. The predicted octanol–water partition coefficient (Wildman–Crippen LogP) is 4.94. The summed E-state index contributed by atoms with van der Waals surface area (Å²) in [6.45, 7) is 10.9. The molecule has 9 heteroatoms. The van der Waals surface area contributed by atoms with Gasteiger partial charge in [0.25, 0.3) is 0 Å². The third kappa shape index (κ3) is 7.54. The van der Waals surface area contributed by atoms with Crippen molar-refractivity contribution in [2.75, 3.05) is 48.1 Å². The van der Waals surface area contributed by atoms with E-state index in [1.54, 1.807) is 19.3 Å². The summed E-state index contributed by atoms with van der Waals surface area (Å²) in [4.78, 5) is 11.0. The van der Waals surface area contributed by atoms with Gasteiger partial charge in [-0.1, -0.05) is 19.9 Å². The van der Waals surface area contributed by atoms with Crippen LogP contribution in [0.3, 0.4) is 0 Å². The number of ether oxygens (including phenoxy) is 2. The first-order valence-corrected chi connectivity index (χ1v) is 14.6. The van der Waals surface area contributed by atoms with E-state index in [1.807, 2.05) is 6.92 Å². The highest BCUT2D eigenvalue weighted by Gasteiger charge is 2.24. The first kappa shape index (κ1) is 27.2. The van der Waals surface area contributed by atoms with Gasteiger partial charge in [0, 0.05) is 31.6 Å². The van der Waals surface area contributed by atoms with Gasteiger partial charge in [0.1, 0.15) is 9.84 Å². The SMILES string of the molecule is CCOc1ncc(Nc2cc([C@H](CC)CCS(=O)(=O)CC)ccc2N(CC)C2CCOCC2)cn1. The average molecular weight is 505 g/mol. The Labute approximate surface area is 210 Å². The van der Waals surface area contributed by atoms with Crippen LogP contribution >= 0.6 is 0 Å². The summed E-state index contributed by atoms with van der Waals surface area (Å²) >= 11 is 0. The van der Waals surface area contributed by atoms with E-state index in [0.717, 1.165) is 61.6 Å². The number of anilines is 3. The summed E-state index contributed by atoms with van der Waals surface area (Å²) in [6.07, 6.45) is 6.94. The minimum Gasteiger partial charge on any atom is -0.464 e. The molecule has 1 fully saturated rings. The van der Waals surface area contributed by atoms with Gasteiger partial charge < -0.3 is 19.7 Å². The Balaban J connectivity index is 1.94. The minimum absolute atomic E-state index is 0.167. The molecule has 0 bridgehead atoms. The highest BCUT2D eigenvalue weighted by molar-refractivity contribution is 7.91. The number of nitrogens with one attached hydrogen (secondary N) is 1. The van der Waals surface area contributed by atoms with Crippen LogP contribution in [-0.2, 0) is 14.6 Å². The zero-order chi connectivity index (χ0) is 25.3. The fourth-order valence-electron chi connectivity index (χ4n) is 4.59. The molecule has 0 radical (unpaired) electrons. The lowest BCUT2D eigenvalue weighted by atomic mass is 9.92. The van der Waals surface area contributed by atoms with Gasteiger partial charge in [-0.2, -0.15) is 0 Å². The van der Waals surface area contributed by atoms with Crippen molar-refractivity contribution < 1.29 is 17.9 Å². The van der Waals surface area contributed by atoms with Gasteiger partial charge in [-0.15, -0.1) is 0 Å². The van der Waals surface area contributed by atoms with E-state index in [2.05, 4.69) is 52.2 Å². The molecule has 0 unspecified atom stereocenters. The Bertz CT molecular complexity index is 1020. The lowest BCUT2D eigenvalue weighted by Gasteiger charge is -2.37. The van der Waals surface area contributed by atoms with Crippen molar-refractivity contribution in [3.8, 4) is 6.01 Å². The van der Waals surface area contributed by atoms with Crippen LogP contribution in [0.25, 0.3) is 0 Å². The molecule has 0 saturated carbocycles. The summed E-state index contributed by atoms with van der Waals surface area (Å²) in [5.41, 5.74) is 4.00. The van der Waals surface area contributed by atoms with Gasteiger partial charge in [0.15, 0.2) is 0 Å². The van der Waals surface area contributed by atoms with Crippen LogP contribution in [0, 0.1) is 0 Å². The number of sulfone groups is 1. The molecule has 1 aliphatic heterocycles. The molecule has 2 heterocycles. The molecular formula is C26H40N4O4S.